The van der Waals surface area contributed by atoms with Crippen LogP contribution in [0.5, 0.6) is 11.5 Å². The highest BCUT2D eigenvalue weighted by Gasteiger charge is 2.19. The molecule has 2 rings (SSSR count). The summed E-state index contributed by atoms with van der Waals surface area (Å²) in [6.45, 7) is 0. The van der Waals surface area contributed by atoms with Crippen LogP contribution in [-0.4, -0.2) is 16.0 Å². The second-order valence-electron chi connectivity index (χ2n) is 3.92. The van der Waals surface area contributed by atoms with Gasteiger partial charge in [-0.25, -0.2) is 4.79 Å². The zero-order chi connectivity index (χ0) is 15.6. The molecule has 0 atom stereocenters. The number of carbonyl (C=O) groups is 1. The Morgan fingerprint density at radius 3 is 2.52 bits per heavy atom. The van der Waals surface area contributed by atoms with Crippen molar-refractivity contribution in [1.82, 2.24) is 0 Å². The number of ether oxygens (including phenoxy) is 1. The number of hydrogen-bond donors (Lipinski definition) is 1. The fraction of sp³-hybridized carbons (Fsp3) is 0. The van der Waals surface area contributed by atoms with Gasteiger partial charge < -0.3 is 9.84 Å². The first-order valence-corrected chi connectivity index (χ1v) is 6.70. The summed E-state index contributed by atoms with van der Waals surface area (Å²) in [4.78, 5) is 21.3. The predicted octanol–water partition coefficient (Wildman–Crippen LogP) is 4.50. The highest BCUT2D eigenvalue weighted by molar-refractivity contribution is 9.10. The lowest BCUT2D eigenvalue weighted by molar-refractivity contribution is -0.385. The van der Waals surface area contributed by atoms with E-state index >= 15 is 0 Å². The van der Waals surface area contributed by atoms with E-state index in [0.717, 1.165) is 18.2 Å². The number of carboxylic acid groups (broad SMARTS) is 1. The van der Waals surface area contributed by atoms with Crippen LogP contribution in [0.1, 0.15) is 10.4 Å². The predicted molar refractivity (Wildman–Crippen MR) is 79.3 cm³/mol. The second kappa shape index (κ2) is 6.11. The lowest BCUT2D eigenvalue weighted by Gasteiger charge is -2.09. The molecule has 8 heteroatoms. The van der Waals surface area contributed by atoms with Gasteiger partial charge in [-0.1, -0.05) is 11.6 Å². The fourth-order valence-electron chi connectivity index (χ4n) is 1.56. The van der Waals surface area contributed by atoms with Crippen molar-refractivity contribution in [1.29, 1.82) is 0 Å². The molecular formula is C13H7BrClNO5. The first-order valence-electron chi connectivity index (χ1n) is 5.53. The van der Waals surface area contributed by atoms with E-state index < -0.39 is 10.9 Å². The molecule has 0 heterocycles. The van der Waals surface area contributed by atoms with Gasteiger partial charge in [-0.2, -0.15) is 0 Å². The molecule has 2 aromatic carbocycles. The van der Waals surface area contributed by atoms with Gasteiger partial charge in [0.25, 0.3) is 0 Å². The summed E-state index contributed by atoms with van der Waals surface area (Å²) in [5.41, 5.74) is -0.442. The molecule has 0 aliphatic carbocycles. The molecule has 0 aliphatic rings. The molecule has 0 amide bonds. The minimum atomic E-state index is -1.20. The fourth-order valence-corrected chi connectivity index (χ4v) is 2.32. The molecule has 0 aromatic heterocycles. The minimum Gasteiger partial charge on any atom is -0.478 e. The molecule has 1 N–H and O–H groups in total. The maximum Gasteiger partial charge on any atom is 0.335 e. The summed E-state index contributed by atoms with van der Waals surface area (Å²) in [5, 5.41) is 20.4. The van der Waals surface area contributed by atoms with Crippen molar-refractivity contribution in [2.45, 2.75) is 0 Å². The van der Waals surface area contributed by atoms with Crippen molar-refractivity contribution in [3.8, 4) is 11.5 Å². The van der Waals surface area contributed by atoms with Gasteiger partial charge in [0.15, 0.2) is 0 Å². The quantitative estimate of drug-likeness (QED) is 0.630. The Labute approximate surface area is 132 Å². The molecular weight excluding hydrogens is 366 g/mol. The van der Waals surface area contributed by atoms with Gasteiger partial charge >= 0.3 is 11.7 Å². The third kappa shape index (κ3) is 3.50. The molecule has 6 nitrogen and oxygen atoms in total. The molecule has 21 heavy (non-hydrogen) atoms. The summed E-state index contributed by atoms with van der Waals surface area (Å²) in [6, 6.07) is 7.95. The first-order chi connectivity index (χ1) is 9.88. The zero-order valence-electron chi connectivity index (χ0n) is 10.2. The van der Waals surface area contributed by atoms with Crippen LogP contribution in [0.2, 0.25) is 5.02 Å². The Kier molecular flexibility index (Phi) is 4.44. The molecule has 0 radical (unpaired) electrons. The van der Waals surface area contributed by atoms with Crippen molar-refractivity contribution in [3.05, 3.63) is 61.6 Å². The van der Waals surface area contributed by atoms with Crippen LogP contribution < -0.4 is 4.74 Å². The number of carboxylic acids is 1. The topological polar surface area (TPSA) is 89.7 Å². The Morgan fingerprint density at radius 2 is 1.95 bits per heavy atom. The number of nitro benzene ring substituents is 1. The minimum absolute atomic E-state index is 0.110. The first kappa shape index (κ1) is 15.3. The Morgan fingerprint density at radius 1 is 1.24 bits per heavy atom. The van der Waals surface area contributed by atoms with Crippen molar-refractivity contribution in [2.24, 2.45) is 0 Å². The number of rotatable bonds is 4. The molecule has 108 valence electrons. The number of halogens is 2. The highest BCUT2D eigenvalue weighted by atomic mass is 79.9. The summed E-state index contributed by atoms with van der Waals surface area (Å²) in [5.74, 6) is -1.09. The third-order valence-electron chi connectivity index (χ3n) is 2.52. The van der Waals surface area contributed by atoms with E-state index in [1.165, 1.54) is 6.07 Å². The largest absolute Gasteiger partial charge is 0.478 e. The van der Waals surface area contributed by atoms with E-state index in [9.17, 15) is 14.9 Å². The van der Waals surface area contributed by atoms with E-state index in [0.29, 0.717) is 9.50 Å². The number of nitro groups is 1. The molecule has 0 saturated carbocycles. The molecule has 0 unspecified atom stereocenters. The van der Waals surface area contributed by atoms with Crippen molar-refractivity contribution in [2.75, 3.05) is 0 Å². The maximum atomic E-state index is 11.0. The van der Waals surface area contributed by atoms with Crippen LogP contribution in [0.3, 0.4) is 0 Å². The lowest BCUT2D eigenvalue weighted by Crippen LogP contribution is -1.99. The number of benzene rings is 2. The van der Waals surface area contributed by atoms with Gasteiger partial charge in [0, 0.05) is 17.2 Å². The smallest absolute Gasteiger partial charge is 0.335 e. The monoisotopic (exact) mass is 371 g/mol. The molecule has 0 saturated heterocycles. The van der Waals surface area contributed by atoms with Gasteiger partial charge in [0.05, 0.1) is 15.0 Å². The van der Waals surface area contributed by atoms with E-state index in [-0.39, 0.29) is 22.7 Å². The number of hydrogen-bond acceptors (Lipinski definition) is 4. The number of nitrogens with zero attached hydrogens (tertiary/aromatic N) is 1. The average Bonchev–Trinajstić information content (AvgIpc) is 2.41. The summed E-state index contributed by atoms with van der Waals surface area (Å²) in [7, 11) is 0. The lowest BCUT2D eigenvalue weighted by atomic mass is 10.2. The van der Waals surface area contributed by atoms with Crippen LogP contribution in [0.4, 0.5) is 5.69 Å². The van der Waals surface area contributed by atoms with E-state index in [4.69, 9.17) is 21.4 Å². The molecule has 2 aromatic rings. The summed E-state index contributed by atoms with van der Waals surface area (Å²) >= 11 is 9.01. The zero-order valence-corrected chi connectivity index (χ0v) is 12.6. The van der Waals surface area contributed by atoms with Gasteiger partial charge in [-0.15, -0.1) is 0 Å². The van der Waals surface area contributed by atoms with Crippen LogP contribution >= 0.6 is 27.5 Å². The van der Waals surface area contributed by atoms with Gasteiger partial charge in [0.1, 0.15) is 5.75 Å². The van der Waals surface area contributed by atoms with E-state index in [2.05, 4.69) is 15.9 Å². The molecule has 0 spiro atoms. The normalized spacial score (nSPS) is 10.2. The average molecular weight is 373 g/mol. The highest BCUT2D eigenvalue weighted by Crippen LogP contribution is 2.36. The maximum absolute atomic E-state index is 11.0. The third-order valence-corrected chi connectivity index (χ3v) is 3.37. The van der Waals surface area contributed by atoms with E-state index in [1.54, 1.807) is 12.1 Å². The van der Waals surface area contributed by atoms with Crippen molar-refractivity contribution in [3.63, 3.8) is 0 Å². The van der Waals surface area contributed by atoms with Crippen molar-refractivity contribution >= 4 is 39.2 Å². The van der Waals surface area contributed by atoms with Gasteiger partial charge in [0.2, 0.25) is 5.75 Å². The van der Waals surface area contributed by atoms with Crippen LogP contribution in [0.25, 0.3) is 0 Å². The molecule has 0 bridgehead atoms. The van der Waals surface area contributed by atoms with Gasteiger partial charge in [-0.05, 0) is 40.2 Å². The number of aromatic carboxylic acids is 1. The SMILES string of the molecule is O=C(O)c1ccc([N+](=O)[O-])c(Oc2ccc(Cl)cc2Br)c1. The summed E-state index contributed by atoms with van der Waals surface area (Å²) < 4.78 is 5.93. The molecule has 0 fully saturated rings. The van der Waals surface area contributed by atoms with Crippen LogP contribution in [0.15, 0.2) is 40.9 Å². The Balaban J connectivity index is 2.48. The Hall–Kier alpha value is -2.12. The van der Waals surface area contributed by atoms with Gasteiger partial charge in [-0.3, -0.25) is 10.1 Å². The van der Waals surface area contributed by atoms with Crippen LogP contribution in [-0.2, 0) is 0 Å². The standard InChI is InChI=1S/C13H7BrClNO5/c14-9-6-8(15)2-4-11(9)21-12-5-7(13(17)18)1-3-10(12)16(19)20/h1-6H,(H,17,18). The Bertz CT molecular complexity index is 734. The molecule has 0 aliphatic heterocycles. The van der Waals surface area contributed by atoms with Crippen molar-refractivity contribution < 1.29 is 19.6 Å². The summed E-state index contributed by atoms with van der Waals surface area (Å²) in [6.07, 6.45) is 0. The second-order valence-corrected chi connectivity index (χ2v) is 5.21. The van der Waals surface area contributed by atoms with E-state index in [1.807, 2.05) is 0 Å². The van der Waals surface area contributed by atoms with Crippen LogP contribution in [0, 0.1) is 10.1 Å².